The summed E-state index contributed by atoms with van der Waals surface area (Å²) < 4.78 is 25.6. The van der Waals surface area contributed by atoms with Gasteiger partial charge >= 0.3 is 0 Å². The van der Waals surface area contributed by atoms with Gasteiger partial charge in [-0.2, -0.15) is 0 Å². The van der Waals surface area contributed by atoms with Gasteiger partial charge in [0.15, 0.2) is 11.5 Å². The molecule has 1 aromatic rings. The van der Waals surface area contributed by atoms with Crippen molar-refractivity contribution in [2.24, 2.45) is 0 Å². The van der Waals surface area contributed by atoms with Crippen LogP contribution in [0.2, 0.25) is 0 Å². The number of unbranched alkanes of at least 4 members (excludes halogenated alkanes) is 27. The van der Waals surface area contributed by atoms with Crippen molar-refractivity contribution in [2.75, 3.05) is 26.4 Å². The zero-order valence-corrected chi connectivity index (χ0v) is 36.5. The van der Waals surface area contributed by atoms with Gasteiger partial charge in [-0.05, 0) is 31.4 Å². The van der Waals surface area contributed by atoms with Crippen LogP contribution in [0.5, 0.6) is 17.2 Å². The maximum absolute atomic E-state index is 11.2. The van der Waals surface area contributed by atoms with E-state index >= 15 is 0 Å². The van der Waals surface area contributed by atoms with Gasteiger partial charge in [0, 0.05) is 5.56 Å². The summed E-state index contributed by atoms with van der Waals surface area (Å²) in [5, 5.41) is 42.4. The molecule has 1 fully saturated rings. The molecule has 1 aliphatic heterocycles. The SMILES string of the molecule is CCCCCCCCCCCCOc1ccc([C@@H]2O[C@H](CO)[C@@H](O)[C@H](O)[C@H]2O)c(OCCCCCCCCCCCC)c1OCCCCCCCCCCCC. The highest BCUT2D eigenvalue weighted by atomic mass is 16.6. The first kappa shape index (κ1) is 50.6. The summed E-state index contributed by atoms with van der Waals surface area (Å²) in [6, 6.07) is 3.68. The van der Waals surface area contributed by atoms with Crippen LogP contribution in [0.3, 0.4) is 0 Å². The Morgan fingerprint density at radius 2 is 0.786 bits per heavy atom. The second-order valence-corrected chi connectivity index (χ2v) is 16.7. The van der Waals surface area contributed by atoms with Crippen LogP contribution in [0.4, 0.5) is 0 Å². The van der Waals surface area contributed by atoms with E-state index in [1.165, 1.54) is 154 Å². The third-order valence-electron chi connectivity index (χ3n) is 11.5. The molecular weight excluding hydrogens is 705 g/mol. The van der Waals surface area contributed by atoms with Crippen molar-refractivity contribution in [1.29, 1.82) is 0 Å². The molecule has 0 aliphatic carbocycles. The average Bonchev–Trinajstić information content (AvgIpc) is 3.21. The molecule has 0 radical (unpaired) electrons. The topological polar surface area (TPSA) is 118 Å². The van der Waals surface area contributed by atoms with E-state index in [1.54, 1.807) is 0 Å². The highest BCUT2D eigenvalue weighted by Crippen LogP contribution is 2.46. The predicted octanol–water partition coefficient (Wildman–Crippen LogP) is 12.1. The Hall–Kier alpha value is -1.58. The number of aliphatic hydroxyl groups is 4. The van der Waals surface area contributed by atoms with Gasteiger partial charge in [0.25, 0.3) is 0 Å². The molecular formula is C48H88O8. The van der Waals surface area contributed by atoms with Crippen LogP contribution in [0.15, 0.2) is 12.1 Å². The lowest BCUT2D eigenvalue weighted by molar-refractivity contribution is -0.232. The van der Waals surface area contributed by atoms with Crippen LogP contribution >= 0.6 is 0 Å². The number of hydrogen-bond acceptors (Lipinski definition) is 8. The van der Waals surface area contributed by atoms with Gasteiger partial charge in [-0.25, -0.2) is 0 Å². The van der Waals surface area contributed by atoms with E-state index < -0.39 is 37.1 Å². The first-order chi connectivity index (χ1) is 27.5. The Morgan fingerprint density at radius 1 is 0.429 bits per heavy atom. The third kappa shape index (κ3) is 21.4. The minimum absolute atomic E-state index is 0.456. The lowest BCUT2D eigenvalue weighted by Crippen LogP contribution is -2.55. The van der Waals surface area contributed by atoms with Crippen molar-refractivity contribution in [2.45, 2.75) is 244 Å². The van der Waals surface area contributed by atoms with Gasteiger partial charge < -0.3 is 39.4 Å². The number of benzene rings is 1. The molecule has 0 bridgehead atoms. The van der Waals surface area contributed by atoms with Crippen LogP contribution < -0.4 is 14.2 Å². The van der Waals surface area contributed by atoms with Crippen molar-refractivity contribution in [3.8, 4) is 17.2 Å². The summed E-state index contributed by atoms with van der Waals surface area (Å²) in [5.74, 6) is 1.58. The molecule has 1 aromatic carbocycles. The van der Waals surface area contributed by atoms with Crippen molar-refractivity contribution >= 4 is 0 Å². The van der Waals surface area contributed by atoms with E-state index in [9.17, 15) is 20.4 Å². The average molecular weight is 793 g/mol. The van der Waals surface area contributed by atoms with E-state index in [4.69, 9.17) is 18.9 Å². The van der Waals surface area contributed by atoms with Crippen molar-refractivity contribution < 1.29 is 39.4 Å². The zero-order valence-electron chi connectivity index (χ0n) is 36.5. The second kappa shape index (κ2) is 34.3. The summed E-state index contributed by atoms with van der Waals surface area (Å²) in [6.07, 6.45) is 30.7. The van der Waals surface area contributed by atoms with Crippen molar-refractivity contribution in [3.05, 3.63) is 17.7 Å². The Bertz CT molecular complexity index is 1030. The zero-order chi connectivity index (χ0) is 40.5. The predicted molar refractivity (Wildman–Crippen MR) is 231 cm³/mol. The fraction of sp³-hybridized carbons (Fsp3) is 0.875. The molecule has 1 heterocycles. The molecule has 8 nitrogen and oxygen atoms in total. The molecule has 4 N–H and O–H groups in total. The Balaban J connectivity index is 2.12. The second-order valence-electron chi connectivity index (χ2n) is 16.7. The van der Waals surface area contributed by atoms with Crippen LogP contribution in [-0.4, -0.2) is 71.3 Å². The van der Waals surface area contributed by atoms with E-state index in [1.807, 2.05) is 12.1 Å². The highest BCUT2D eigenvalue weighted by Gasteiger charge is 2.45. The van der Waals surface area contributed by atoms with Crippen molar-refractivity contribution in [3.63, 3.8) is 0 Å². The molecule has 1 saturated heterocycles. The Morgan fingerprint density at radius 3 is 1.18 bits per heavy atom. The van der Waals surface area contributed by atoms with E-state index in [2.05, 4.69) is 20.8 Å². The monoisotopic (exact) mass is 793 g/mol. The van der Waals surface area contributed by atoms with Crippen LogP contribution in [0, 0.1) is 0 Å². The van der Waals surface area contributed by atoms with Crippen LogP contribution in [0.25, 0.3) is 0 Å². The molecule has 0 unspecified atom stereocenters. The normalized spacial score (nSPS) is 19.7. The van der Waals surface area contributed by atoms with Crippen LogP contribution in [-0.2, 0) is 4.74 Å². The quantitative estimate of drug-likeness (QED) is 0.0489. The fourth-order valence-corrected chi connectivity index (χ4v) is 7.84. The molecule has 0 spiro atoms. The molecule has 1 aliphatic rings. The largest absolute Gasteiger partial charge is 0.490 e. The molecule has 328 valence electrons. The minimum Gasteiger partial charge on any atom is -0.490 e. The lowest BCUT2D eigenvalue weighted by atomic mass is 9.90. The number of ether oxygens (including phenoxy) is 4. The number of rotatable bonds is 38. The number of hydrogen-bond donors (Lipinski definition) is 4. The van der Waals surface area contributed by atoms with E-state index in [-0.39, 0.29) is 0 Å². The summed E-state index contributed by atoms with van der Waals surface area (Å²) in [5.41, 5.74) is 0.526. The first-order valence-electron chi connectivity index (χ1n) is 23.9. The summed E-state index contributed by atoms with van der Waals surface area (Å²) in [4.78, 5) is 0. The smallest absolute Gasteiger partial charge is 0.203 e. The summed E-state index contributed by atoms with van der Waals surface area (Å²) in [6.45, 7) is 7.84. The molecule has 5 atom stereocenters. The van der Waals surface area contributed by atoms with Gasteiger partial charge in [-0.3, -0.25) is 0 Å². The molecule has 0 aromatic heterocycles. The van der Waals surface area contributed by atoms with Gasteiger partial charge in [0.1, 0.15) is 30.5 Å². The van der Waals surface area contributed by atoms with E-state index in [0.717, 1.165) is 38.5 Å². The van der Waals surface area contributed by atoms with Gasteiger partial charge in [-0.1, -0.05) is 194 Å². The van der Waals surface area contributed by atoms with E-state index in [0.29, 0.717) is 42.6 Å². The first-order valence-corrected chi connectivity index (χ1v) is 23.9. The molecule has 2 rings (SSSR count). The fourth-order valence-electron chi connectivity index (χ4n) is 7.84. The summed E-state index contributed by atoms with van der Waals surface area (Å²) in [7, 11) is 0. The van der Waals surface area contributed by atoms with Crippen molar-refractivity contribution in [1.82, 2.24) is 0 Å². The molecule has 56 heavy (non-hydrogen) atoms. The highest BCUT2D eigenvalue weighted by molar-refractivity contribution is 5.57. The Labute approximate surface area is 343 Å². The standard InChI is InChI=1S/C48H88O8/c1-4-7-10-13-16-19-22-25-28-31-36-53-41-35-34-40(46-45(52)44(51)43(50)42(39-49)56-46)47(54-37-32-29-26-23-20-17-14-11-8-5-2)48(41)55-38-33-30-27-24-21-18-15-12-9-6-3/h34-35,42-46,49-52H,4-33,36-39H2,1-3H3/t42-,43-,44+,45-,46+/m1/s1. The molecule has 0 saturated carbocycles. The Kier molecular flexibility index (Phi) is 31.0. The third-order valence-corrected chi connectivity index (χ3v) is 11.5. The van der Waals surface area contributed by atoms with Gasteiger partial charge in [0.05, 0.1) is 26.4 Å². The van der Waals surface area contributed by atoms with Crippen LogP contribution in [0.1, 0.15) is 225 Å². The molecule has 0 amide bonds. The lowest BCUT2D eigenvalue weighted by Gasteiger charge is -2.40. The minimum atomic E-state index is -1.48. The number of aliphatic hydroxyl groups excluding tert-OH is 4. The van der Waals surface area contributed by atoms with Gasteiger partial charge in [-0.15, -0.1) is 0 Å². The molecule has 8 heteroatoms. The maximum Gasteiger partial charge on any atom is 0.203 e. The maximum atomic E-state index is 11.2. The summed E-state index contributed by atoms with van der Waals surface area (Å²) >= 11 is 0. The van der Waals surface area contributed by atoms with Gasteiger partial charge in [0.2, 0.25) is 5.75 Å².